The predicted octanol–water partition coefficient (Wildman–Crippen LogP) is 3.50. The van der Waals surface area contributed by atoms with Crippen molar-refractivity contribution in [1.29, 1.82) is 0 Å². The highest BCUT2D eigenvalue weighted by Gasteiger charge is 2.04. The van der Waals surface area contributed by atoms with Gasteiger partial charge in [0, 0.05) is 16.7 Å². The number of benzene rings is 2. The van der Waals surface area contributed by atoms with Gasteiger partial charge in [0.2, 0.25) is 0 Å². The molecular weight excluding hydrogens is 360 g/mol. The Bertz CT molecular complexity index is 767. The van der Waals surface area contributed by atoms with Gasteiger partial charge in [0.25, 0.3) is 0 Å². The number of hydrogen-bond donors (Lipinski definition) is 1. The first-order chi connectivity index (χ1) is 12.6. The molecule has 0 saturated carbocycles. The van der Waals surface area contributed by atoms with Crippen LogP contribution in [0.1, 0.15) is 5.56 Å². The zero-order valence-electron chi connectivity index (χ0n) is 14.4. The van der Waals surface area contributed by atoms with Crippen molar-refractivity contribution in [2.75, 3.05) is 27.4 Å². The number of amides is 1. The normalized spacial score (nSPS) is 10.4. The fourth-order valence-electron chi connectivity index (χ4n) is 1.95. The van der Waals surface area contributed by atoms with Gasteiger partial charge in [-0.05, 0) is 30.3 Å². The number of hydrogen-bond acceptors (Lipinski definition) is 6. The summed E-state index contributed by atoms with van der Waals surface area (Å²) in [5.41, 5.74) is 2.81. The van der Waals surface area contributed by atoms with E-state index in [4.69, 9.17) is 25.8 Å². The SMILES string of the molecule is COC(=O)NN=Cc1cc(Cl)ccc1OCCOc1cccc(OC)c1. The number of nitrogens with one attached hydrogen (secondary N) is 1. The molecule has 0 aliphatic heterocycles. The fraction of sp³-hybridized carbons (Fsp3) is 0.222. The largest absolute Gasteiger partial charge is 0.497 e. The Balaban J connectivity index is 1.91. The fourth-order valence-corrected chi connectivity index (χ4v) is 2.13. The lowest BCUT2D eigenvalue weighted by molar-refractivity contribution is 0.171. The molecule has 2 aromatic rings. The van der Waals surface area contributed by atoms with Crippen LogP contribution in [0.5, 0.6) is 17.2 Å². The van der Waals surface area contributed by atoms with Crippen molar-refractivity contribution in [3.8, 4) is 17.2 Å². The number of hydrazone groups is 1. The molecule has 0 unspecified atom stereocenters. The van der Waals surface area contributed by atoms with Gasteiger partial charge in [-0.3, -0.25) is 0 Å². The highest BCUT2D eigenvalue weighted by molar-refractivity contribution is 6.30. The van der Waals surface area contributed by atoms with E-state index in [2.05, 4.69) is 15.3 Å². The number of nitrogens with zero attached hydrogens (tertiary/aromatic N) is 1. The summed E-state index contributed by atoms with van der Waals surface area (Å²) in [7, 11) is 2.85. The van der Waals surface area contributed by atoms with Gasteiger partial charge in [0.1, 0.15) is 30.5 Å². The molecule has 0 aliphatic rings. The van der Waals surface area contributed by atoms with Crippen molar-refractivity contribution >= 4 is 23.9 Å². The zero-order chi connectivity index (χ0) is 18.8. The van der Waals surface area contributed by atoms with E-state index in [0.29, 0.717) is 35.3 Å². The van der Waals surface area contributed by atoms with Crippen molar-refractivity contribution in [1.82, 2.24) is 5.43 Å². The number of rotatable bonds is 8. The average molecular weight is 379 g/mol. The molecule has 0 aromatic heterocycles. The number of ether oxygens (including phenoxy) is 4. The second-order valence-corrected chi connectivity index (χ2v) is 5.36. The molecule has 2 rings (SSSR count). The summed E-state index contributed by atoms with van der Waals surface area (Å²) in [6.07, 6.45) is 0.749. The van der Waals surface area contributed by atoms with Crippen LogP contribution < -0.4 is 19.6 Å². The molecule has 0 spiro atoms. The lowest BCUT2D eigenvalue weighted by Gasteiger charge is -2.11. The molecular formula is C18H19ClN2O5. The molecule has 138 valence electrons. The summed E-state index contributed by atoms with van der Waals surface area (Å²) in [5.74, 6) is 1.96. The van der Waals surface area contributed by atoms with Crippen molar-refractivity contribution in [3.05, 3.63) is 53.1 Å². The molecule has 0 heterocycles. The second kappa shape index (κ2) is 10.1. The quantitative estimate of drug-likeness (QED) is 0.432. The summed E-state index contributed by atoms with van der Waals surface area (Å²) in [6.45, 7) is 0.650. The van der Waals surface area contributed by atoms with Gasteiger partial charge >= 0.3 is 6.09 Å². The first-order valence-electron chi connectivity index (χ1n) is 7.68. The maximum absolute atomic E-state index is 11.0. The Labute approximate surface area is 156 Å². The van der Waals surface area contributed by atoms with Crippen LogP contribution in [0.4, 0.5) is 4.79 Å². The van der Waals surface area contributed by atoms with Crippen molar-refractivity contribution in [3.63, 3.8) is 0 Å². The predicted molar refractivity (Wildman–Crippen MR) is 98.6 cm³/mol. The van der Waals surface area contributed by atoms with E-state index >= 15 is 0 Å². The molecule has 0 saturated heterocycles. The van der Waals surface area contributed by atoms with Crippen LogP contribution in [0, 0.1) is 0 Å². The van der Waals surface area contributed by atoms with Crippen LogP contribution in [-0.4, -0.2) is 39.7 Å². The third kappa shape index (κ3) is 6.18. The van der Waals surface area contributed by atoms with E-state index in [9.17, 15) is 4.79 Å². The molecule has 0 atom stereocenters. The van der Waals surface area contributed by atoms with Crippen LogP contribution in [-0.2, 0) is 4.74 Å². The Hall–Kier alpha value is -2.93. The van der Waals surface area contributed by atoms with Gasteiger partial charge in [-0.15, -0.1) is 0 Å². The molecule has 1 amide bonds. The molecule has 2 aromatic carbocycles. The Morgan fingerprint density at radius 2 is 1.88 bits per heavy atom. The Kier molecular flexibility index (Phi) is 7.57. The summed E-state index contributed by atoms with van der Waals surface area (Å²) in [4.78, 5) is 11.0. The number of halogens is 1. The van der Waals surface area contributed by atoms with Crippen molar-refractivity contribution in [2.24, 2.45) is 5.10 Å². The minimum Gasteiger partial charge on any atom is -0.497 e. The van der Waals surface area contributed by atoms with Gasteiger partial charge in [-0.1, -0.05) is 17.7 Å². The molecule has 8 heteroatoms. The first kappa shape index (κ1) is 19.4. The molecule has 0 aliphatic carbocycles. The second-order valence-electron chi connectivity index (χ2n) is 4.92. The van der Waals surface area contributed by atoms with E-state index < -0.39 is 6.09 Å². The van der Waals surface area contributed by atoms with Gasteiger partial charge in [-0.2, -0.15) is 5.10 Å². The summed E-state index contributed by atoms with van der Waals surface area (Å²) < 4.78 is 20.9. The van der Waals surface area contributed by atoms with Gasteiger partial charge in [0.05, 0.1) is 20.4 Å². The number of carbonyl (C=O) groups is 1. The minimum absolute atomic E-state index is 0.310. The smallest absolute Gasteiger partial charge is 0.427 e. The minimum atomic E-state index is -0.669. The molecule has 0 radical (unpaired) electrons. The van der Waals surface area contributed by atoms with Crippen molar-refractivity contribution in [2.45, 2.75) is 0 Å². The third-order valence-corrected chi connectivity index (χ3v) is 3.40. The monoisotopic (exact) mass is 378 g/mol. The van der Waals surface area contributed by atoms with Crippen LogP contribution in [0.3, 0.4) is 0 Å². The average Bonchev–Trinajstić information content (AvgIpc) is 2.66. The highest BCUT2D eigenvalue weighted by atomic mass is 35.5. The molecule has 26 heavy (non-hydrogen) atoms. The van der Waals surface area contributed by atoms with E-state index in [1.54, 1.807) is 31.4 Å². The maximum Gasteiger partial charge on any atom is 0.427 e. The number of methoxy groups -OCH3 is 2. The molecule has 1 N–H and O–H groups in total. The van der Waals surface area contributed by atoms with Gasteiger partial charge in [0.15, 0.2) is 0 Å². The lowest BCUT2D eigenvalue weighted by atomic mass is 10.2. The summed E-state index contributed by atoms with van der Waals surface area (Å²) in [6, 6.07) is 12.4. The first-order valence-corrected chi connectivity index (χ1v) is 8.06. The van der Waals surface area contributed by atoms with Crippen molar-refractivity contribution < 1.29 is 23.7 Å². The van der Waals surface area contributed by atoms with Crippen LogP contribution >= 0.6 is 11.6 Å². The standard InChI is InChI=1S/C18H19ClN2O5/c1-23-15-4-3-5-16(11-15)25-8-9-26-17-7-6-14(19)10-13(17)12-20-21-18(22)24-2/h3-7,10-12H,8-9H2,1-2H3,(H,21,22). The van der Waals surface area contributed by atoms with Gasteiger partial charge < -0.3 is 18.9 Å². The lowest BCUT2D eigenvalue weighted by Crippen LogP contribution is -2.17. The van der Waals surface area contributed by atoms with E-state index in [1.807, 2.05) is 18.2 Å². The summed E-state index contributed by atoms with van der Waals surface area (Å²) in [5, 5.41) is 4.29. The topological polar surface area (TPSA) is 78.4 Å². The summed E-state index contributed by atoms with van der Waals surface area (Å²) >= 11 is 5.99. The highest BCUT2D eigenvalue weighted by Crippen LogP contribution is 2.22. The van der Waals surface area contributed by atoms with E-state index in [1.165, 1.54) is 13.3 Å². The van der Waals surface area contributed by atoms with Gasteiger partial charge in [-0.25, -0.2) is 10.2 Å². The van der Waals surface area contributed by atoms with E-state index in [0.717, 1.165) is 5.75 Å². The number of carbonyl (C=O) groups excluding carboxylic acids is 1. The Morgan fingerprint density at radius 3 is 2.65 bits per heavy atom. The molecule has 0 bridgehead atoms. The molecule has 0 fully saturated rings. The zero-order valence-corrected chi connectivity index (χ0v) is 15.2. The Morgan fingerprint density at radius 1 is 1.12 bits per heavy atom. The third-order valence-electron chi connectivity index (χ3n) is 3.17. The van der Waals surface area contributed by atoms with E-state index in [-0.39, 0.29) is 0 Å². The molecule has 7 nitrogen and oxygen atoms in total. The van der Waals surface area contributed by atoms with Crippen LogP contribution in [0.25, 0.3) is 0 Å². The van der Waals surface area contributed by atoms with Crippen LogP contribution in [0.2, 0.25) is 5.02 Å². The van der Waals surface area contributed by atoms with Crippen LogP contribution in [0.15, 0.2) is 47.6 Å². The maximum atomic E-state index is 11.0.